The fourth-order valence-electron chi connectivity index (χ4n) is 2.61. The van der Waals surface area contributed by atoms with Gasteiger partial charge in [-0.15, -0.1) is 0 Å². The van der Waals surface area contributed by atoms with Gasteiger partial charge in [-0.1, -0.05) is 24.3 Å². The Morgan fingerprint density at radius 3 is 2.78 bits per heavy atom. The molecule has 1 saturated heterocycles. The first-order chi connectivity index (χ1) is 10.9. The first-order valence-electron chi connectivity index (χ1n) is 7.08. The lowest BCUT2D eigenvalue weighted by Crippen LogP contribution is -2.34. The molecule has 0 N–H and O–H groups in total. The van der Waals surface area contributed by atoms with Crippen LogP contribution in [0.4, 0.5) is 14.9 Å². The van der Waals surface area contributed by atoms with E-state index in [0.717, 1.165) is 17.4 Å². The van der Waals surface area contributed by atoms with Crippen LogP contribution in [0.2, 0.25) is 5.02 Å². The predicted molar refractivity (Wildman–Crippen MR) is 83.8 cm³/mol. The number of imide groups is 1. The SMILES string of the molecule is C=C(C)Oc1cc(N2C(=O)C3=CCCCN3C2=O)c(F)cc1Cl. The summed E-state index contributed by atoms with van der Waals surface area (Å²) in [5.74, 6) is -0.831. The Labute approximate surface area is 137 Å². The number of carbonyl (C=O) groups excluding carboxylic acids is 2. The van der Waals surface area contributed by atoms with E-state index in [4.69, 9.17) is 16.3 Å². The number of anilines is 1. The monoisotopic (exact) mass is 336 g/mol. The average Bonchev–Trinajstić information content (AvgIpc) is 2.74. The highest BCUT2D eigenvalue weighted by molar-refractivity contribution is 6.32. The number of halogens is 2. The summed E-state index contributed by atoms with van der Waals surface area (Å²) in [6.45, 7) is 5.64. The third-order valence-electron chi connectivity index (χ3n) is 3.59. The maximum Gasteiger partial charge on any atom is 0.336 e. The second kappa shape index (κ2) is 5.70. The summed E-state index contributed by atoms with van der Waals surface area (Å²) in [7, 11) is 0. The van der Waals surface area contributed by atoms with Gasteiger partial charge in [0.2, 0.25) is 0 Å². The molecule has 7 heteroatoms. The molecule has 5 nitrogen and oxygen atoms in total. The quantitative estimate of drug-likeness (QED) is 0.622. The van der Waals surface area contributed by atoms with Gasteiger partial charge in [0.15, 0.2) is 0 Å². The number of nitrogens with zero attached hydrogens (tertiary/aromatic N) is 2. The minimum absolute atomic E-state index is 0.0327. The highest BCUT2D eigenvalue weighted by Crippen LogP contribution is 2.37. The van der Waals surface area contributed by atoms with Crippen LogP contribution < -0.4 is 9.64 Å². The zero-order valence-electron chi connectivity index (χ0n) is 12.4. The van der Waals surface area contributed by atoms with Crippen molar-refractivity contribution in [1.82, 2.24) is 4.90 Å². The molecule has 2 aliphatic heterocycles. The molecule has 0 spiro atoms. The number of allylic oxidation sites excluding steroid dienone is 2. The van der Waals surface area contributed by atoms with Gasteiger partial charge in [-0.05, 0) is 25.8 Å². The molecular weight excluding hydrogens is 323 g/mol. The normalized spacial score (nSPS) is 17.3. The maximum atomic E-state index is 14.3. The van der Waals surface area contributed by atoms with Crippen LogP contribution in [0.5, 0.6) is 5.75 Å². The second-order valence-corrected chi connectivity index (χ2v) is 5.75. The van der Waals surface area contributed by atoms with Crippen molar-refractivity contribution >= 4 is 29.2 Å². The third kappa shape index (κ3) is 2.59. The minimum Gasteiger partial charge on any atom is -0.461 e. The van der Waals surface area contributed by atoms with Gasteiger partial charge in [0.05, 0.1) is 16.5 Å². The van der Waals surface area contributed by atoms with Crippen molar-refractivity contribution in [2.45, 2.75) is 19.8 Å². The lowest BCUT2D eigenvalue weighted by atomic mass is 10.2. The number of hydrogen-bond acceptors (Lipinski definition) is 3. The molecule has 2 aliphatic rings. The molecule has 1 aromatic carbocycles. The molecule has 23 heavy (non-hydrogen) atoms. The van der Waals surface area contributed by atoms with Crippen LogP contribution in [0.15, 0.2) is 36.2 Å². The number of fused-ring (bicyclic) bond motifs is 1. The van der Waals surface area contributed by atoms with E-state index in [1.165, 1.54) is 11.0 Å². The largest absolute Gasteiger partial charge is 0.461 e. The lowest BCUT2D eigenvalue weighted by Gasteiger charge is -2.20. The van der Waals surface area contributed by atoms with Gasteiger partial charge in [-0.3, -0.25) is 9.69 Å². The maximum absolute atomic E-state index is 14.3. The number of rotatable bonds is 3. The summed E-state index contributed by atoms with van der Waals surface area (Å²) in [5, 5.41) is 0.0327. The van der Waals surface area contributed by atoms with E-state index in [-0.39, 0.29) is 22.2 Å². The van der Waals surface area contributed by atoms with Gasteiger partial charge in [-0.25, -0.2) is 14.1 Å². The van der Waals surface area contributed by atoms with Crippen molar-refractivity contribution in [3.63, 3.8) is 0 Å². The molecule has 120 valence electrons. The molecule has 3 amide bonds. The molecule has 0 aromatic heterocycles. The van der Waals surface area contributed by atoms with Crippen LogP contribution in [0.1, 0.15) is 19.8 Å². The van der Waals surface area contributed by atoms with E-state index < -0.39 is 17.8 Å². The van der Waals surface area contributed by atoms with Gasteiger partial charge >= 0.3 is 6.03 Å². The smallest absolute Gasteiger partial charge is 0.336 e. The van der Waals surface area contributed by atoms with E-state index in [9.17, 15) is 14.0 Å². The van der Waals surface area contributed by atoms with Crippen molar-refractivity contribution in [2.75, 3.05) is 11.4 Å². The minimum atomic E-state index is -0.772. The van der Waals surface area contributed by atoms with Crippen LogP contribution in [0, 0.1) is 5.82 Å². The molecule has 1 aromatic rings. The number of hydrogen-bond donors (Lipinski definition) is 0. The van der Waals surface area contributed by atoms with Crippen LogP contribution in [0.3, 0.4) is 0 Å². The Bertz CT molecular complexity index is 760. The summed E-state index contributed by atoms with van der Waals surface area (Å²) in [6, 6.07) is 1.69. The van der Waals surface area contributed by atoms with Crippen LogP contribution in [-0.2, 0) is 4.79 Å². The first-order valence-corrected chi connectivity index (χ1v) is 7.46. The van der Waals surface area contributed by atoms with E-state index in [1.807, 2.05) is 0 Å². The Kier molecular flexibility index (Phi) is 3.85. The van der Waals surface area contributed by atoms with Crippen molar-refractivity contribution in [3.8, 4) is 5.75 Å². The molecule has 2 heterocycles. The number of urea groups is 1. The van der Waals surface area contributed by atoms with Gasteiger partial charge in [0, 0.05) is 12.6 Å². The Balaban J connectivity index is 2.06. The predicted octanol–water partition coefficient (Wildman–Crippen LogP) is 3.84. The van der Waals surface area contributed by atoms with E-state index in [0.29, 0.717) is 18.7 Å². The third-order valence-corrected chi connectivity index (χ3v) is 3.88. The number of carbonyl (C=O) groups is 2. The van der Waals surface area contributed by atoms with Crippen LogP contribution in [0.25, 0.3) is 0 Å². The molecule has 3 rings (SSSR count). The molecule has 0 saturated carbocycles. The Hall–Kier alpha value is -2.34. The zero-order chi connectivity index (χ0) is 16.7. The van der Waals surface area contributed by atoms with Crippen molar-refractivity contribution in [2.24, 2.45) is 0 Å². The van der Waals surface area contributed by atoms with E-state index in [1.54, 1.807) is 13.0 Å². The van der Waals surface area contributed by atoms with Crippen molar-refractivity contribution in [3.05, 3.63) is 47.1 Å². The molecule has 0 radical (unpaired) electrons. The topological polar surface area (TPSA) is 49.9 Å². The summed E-state index contributed by atoms with van der Waals surface area (Å²) < 4.78 is 19.6. The summed E-state index contributed by atoms with van der Waals surface area (Å²) in [5.41, 5.74) is 0.105. The van der Waals surface area contributed by atoms with Crippen molar-refractivity contribution < 1.29 is 18.7 Å². The average molecular weight is 337 g/mol. The van der Waals surface area contributed by atoms with Gasteiger partial charge in [0.25, 0.3) is 5.91 Å². The van der Waals surface area contributed by atoms with Crippen LogP contribution in [-0.4, -0.2) is 23.4 Å². The number of amides is 3. The standard InChI is InChI=1S/C16H14ClFN2O3/c1-9(2)23-14-8-13(11(18)7-10(14)17)20-15(21)12-5-3-4-6-19(12)16(20)22/h5,7-8H,1,3-4,6H2,2H3. The lowest BCUT2D eigenvalue weighted by molar-refractivity contribution is -0.114. The molecular formula is C16H14ClFN2O3. The molecule has 0 bridgehead atoms. The Morgan fingerprint density at radius 1 is 1.39 bits per heavy atom. The van der Waals surface area contributed by atoms with Gasteiger partial charge < -0.3 is 4.74 Å². The van der Waals surface area contributed by atoms with Crippen molar-refractivity contribution in [1.29, 1.82) is 0 Å². The van der Waals surface area contributed by atoms with Crippen LogP contribution >= 0.6 is 11.6 Å². The molecule has 0 unspecified atom stereocenters. The fourth-order valence-corrected chi connectivity index (χ4v) is 2.80. The summed E-state index contributed by atoms with van der Waals surface area (Å²) in [4.78, 5) is 27.1. The number of benzene rings is 1. The molecule has 0 atom stereocenters. The van der Waals surface area contributed by atoms with Gasteiger partial charge in [-0.2, -0.15) is 0 Å². The highest BCUT2D eigenvalue weighted by Gasteiger charge is 2.43. The van der Waals surface area contributed by atoms with E-state index >= 15 is 0 Å². The first kappa shape index (κ1) is 15.6. The molecule has 0 aliphatic carbocycles. The second-order valence-electron chi connectivity index (χ2n) is 5.34. The summed E-state index contributed by atoms with van der Waals surface area (Å²) >= 11 is 5.93. The Morgan fingerprint density at radius 2 is 2.13 bits per heavy atom. The summed E-state index contributed by atoms with van der Waals surface area (Å²) in [6.07, 6.45) is 3.18. The fraction of sp³-hybridized carbons (Fsp3) is 0.250. The highest BCUT2D eigenvalue weighted by atomic mass is 35.5. The molecule has 1 fully saturated rings. The zero-order valence-corrected chi connectivity index (χ0v) is 13.2. The van der Waals surface area contributed by atoms with E-state index in [2.05, 4.69) is 6.58 Å². The van der Waals surface area contributed by atoms with Gasteiger partial charge in [0.1, 0.15) is 17.3 Å². The number of ether oxygens (including phenoxy) is 1.